The van der Waals surface area contributed by atoms with Crippen molar-refractivity contribution < 1.29 is 19.4 Å². The number of amides is 1. The Labute approximate surface area is 171 Å². The lowest BCUT2D eigenvalue weighted by Gasteiger charge is -2.50. The number of carbonyl (C=O) groups is 2. The van der Waals surface area contributed by atoms with Gasteiger partial charge in [0.15, 0.2) is 0 Å². The maximum absolute atomic E-state index is 11.6. The number of hydrogen-bond donors (Lipinski definition) is 1. The summed E-state index contributed by atoms with van der Waals surface area (Å²) in [5.74, 6) is 0.861. The molecule has 0 fully saturated rings. The average Bonchev–Trinajstić information content (AvgIpc) is 2.68. The second-order valence-electron chi connectivity index (χ2n) is 8.33. The molecule has 29 heavy (non-hydrogen) atoms. The third kappa shape index (κ3) is 3.28. The van der Waals surface area contributed by atoms with Crippen LogP contribution in [0.4, 0.5) is 0 Å². The number of esters is 1. The Hall–Kier alpha value is -2.82. The highest BCUT2D eigenvalue weighted by molar-refractivity contribution is 5.72. The van der Waals surface area contributed by atoms with Crippen molar-refractivity contribution >= 4 is 11.9 Å². The number of phenols is 1. The van der Waals surface area contributed by atoms with Crippen molar-refractivity contribution in [1.82, 2.24) is 4.90 Å². The van der Waals surface area contributed by atoms with Gasteiger partial charge in [0.25, 0.3) is 0 Å². The van der Waals surface area contributed by atoms with E-state index in [1.807, 2.05) is 31.3 Å². The molecule has 0 saturated heterocycles. The van der Waals surface area contributed by atoms with Crippen LogP contribution in [0.1, 0.15) is 67.7 Å². The molecule has 2 aromatic rings. The smallest absolute Gasteiger partial charge is 0.308 e. The second-order valence-corrected chi connectivity index (χ2v) is 8.33. The van der Waals surface area contributed by atoms with E-state index in [9.17, 15) is 14.7 Å². The van der Waals surface area contributed by atoms with Gasteiger partial charge in [-0.05, 0) is 72.2 Å². The van der Waals surface area contributed by atoms with Gasteiger partial charge in [-0.2, -0.15) is 0 Å². The highest BCUT2D eigenvalue weighted by atomic mass is 16.5. The normalized spacial score (nSPS) is 21.3. The highest BCUT2D eigenvalue weighted by Crippen LogP contribution is 2.59. The summed E-state index contributed by atoms with van der Waals surface area (Å²) >= 11 is 0. The zero-order valence-electron chi connectivity index (χ0n) is 17.2. The zero-order chi connectivity index (χ0) is 20.8. The average molecular weight is 393 g/mol. The van der Waals surface area contributed by atoms with E-state index >= 15 is 0 Å². The molecule has 5 nitrogen and oxygen atoms in total. The third-order valence-corrected chi connectivity index (χ3v) is 6.60. The number of fused-ring (bicyclic) bond motifs is 1. The van der Waals surface area contributed by atoms with Gasteiger partial charge in [-0.1, -0.05) is 12.1 Å². The van der Waals surface area contributed by atoms with Crippen molar-refractivity contribution in [2.24, 2.45) is 0 Å². The molecular formula is C24H27NO4. The fourth-order valence-corrected chi connectivity index (χ4v) is 5.20. The van der Waals surface area contributed by atoms with Crippen molar-refractivity contribution in [3.8, 4) is 11.5 Å². The highest BCUT2D eigenvalue weighted by Gasteiger charge is 2.48. The van der Waals surface area contributed by atoms with Crippen LogP contribution in [0.2, 0.25) is 0 Å². The molecule has 0 saturated carbocycles. The SMILES string of the molecule is CC(=O)Oc1ccc2c(c1)C1(CCCN(C)C(C)=O)CCC2c2ccc(O)cc21. The molecule has 2 unspecified atom stereocenters. The van der Waals surface area contributed by atoms with E-state index in [2.05, 4.69) is 6.07 Å². The number of hydrogen-bond acceptors (Lipinski definition) is 4. The maximum Gasteiger partial charge on any atom is 0.308 e. The monoisotopic (exact) mass is 393 g/mol. The first-order chi connectivity index (χ1) is 13.8. The fourth-order valence-electron chi connectivity index (χ4n) is 5.20. The van der Waals surface area contributed by atoms with Crippen molar-refractivity contribution in [3.63, 3.8) is 0 Å². The van der Waals surface area contributed by atoms with Crippen molar-refractivity contribution in [2.75, 3.05) is 13.6 Å². The first-order valence-electron chi connectivity index (χ1n) is 10.2. The largest absolute Gasteiger partial charge is 0.508 e. The number of ether oxygens (including phenoxy) is 1. The van der Waals surface area contributed by atoms with Crippen molar-refractivity contribution in [2.45, 2.75) is 50.9 Å². The van der Waals surface area contributed by atoms with Gasteiger partial charge in [0.2, 0.25) is 5.91 Å². The predicted molar refractivity (Wildman–Crippen MR) is 110 cm³/mol. The van der Waals surface area contributed by atoms with E-state index in [0.29, 0.717) is 18.2 Å². The molecule has 0 heterocycles. The summed E-state index contributed by atoms with van der Waals surface area (Å²) < 4.78 is 5.38. The lowest BCUT2D eigenvalue weighted by atomic mass is 9.54. The topological polar surface area (TPSA) is 66.8 Å². The van der Waals surface area contributed by atoms with Crippen LogP contribution in [0.25, 0.3) is 0 Å². The maximum atomic E-state index is 11.6. The molecule has 3 aliphatic carbocycles. The van der Waals surface area contributed by atoms with Crippen LogP contribution >= 0.6 is 0 Å². The van der Waals surface area contributed by atoms with E-state index in [1.165, 1.54) is 29.2 Å². The van der Waals surface area contributed by atoms with Crippen LogP contribution in [-0.2, 0) is 15.0 Å². The molecule has 1 N–H and O–H groups in total. The first-order valence-corrected chi connectivity index (χ1v) is 10.2. The van der Waals surface area contributed by atoms with Gasteiger partial charge in [0.05, 0.1) is 0 Å². The number of rotatable bonds is 5. The number of nitrogens with zero attached hydrogens (tertiary/aromatic N) is 1. The standard InChI is InChI=1S/C24H27NO4/c1-15(26)25(3)12-4-10-24-11-9-19(20-7-5-17(28)13-22(20)24)21-8-6-18(14-23(21)24)29-16(2)27/h5-8,13-14,19,28H,4,9-12H2,1-3H3. The molecule has 5 heteroatoms. The number of aromatic hydroxyl groups is 1. The molecule has 0 aliphatic heterocycles. The molecule has 2 atom stereocenters. The summed E-state index contributed by atoms with van der Waals surface area (Å²) in [5.41, 5.74) is 4.68. The summed E-state index contributed by atoms with van der Waals surface area (Å²) in [6, 6.07) is 11.7. The third-order valence-electron chi connectivity index (χ3n) is 6.60. The Morgan fingerprint density at radius 3 is 2.52 bits per heavy atom. The van der Waals surface area contributed by atoms with Crippen molar-refractivity contribution in [3.05, 3.63) is 58.7 Å². The quantitative estimate of drug-likeness (QED) is 0.613. The van der Waals surface area contributed by atoms with E-state index in [4.69, 9.17) is 4.74 Å². The Morgan fingerprint density at radius 1 is 1.14 bits per heavy atom. The number of carbonyl (C=O) groups excluding carboxylic acids is 2. The molecule has 0 spiro atoms. The van der Waals surface area contributed by atoms with Crippen LogP contribution in [0.5, 0.6) is 11.5 Å². The molecule has 1 amide bonds. The number of benzene rings is 2. The van der Waals surface area contributed by atoms with Gasteiger partial charge in [0.1, 0.15) is 11.5 Å². The van der Waals surface area contributed by atoms with Crippen LogP contribution in [0, 0.1) is 0 Å². The molecule has 0 radical (unpaired) electrons. The van der Waals surface area contributed by atoms with Crippen LogP contribution in [0.15, 0.2) is 36.4 Å². The molecule has 5 rings (SSSR count). The minimum atomic E-state index is -0.332. The Morgan fingerprint density at radius 2 is 1.83 bits per heavy atom. The Bertz CT molecular complexity index is 983. The Balaban J connectivity index is 1.78. The lowest BCUT2D eigenvalue weighted by Crippen LogP contribution is -2.41. The van der Waals surface area contributed by atoms with Crippen molar-refractivity contribution in [1.29, 1.82) is 0 Å². The van der Waals surface area contributed by atoms with Crippen LogP contribution in [-0.4, -0.2) is 35.5 Å². The Kier molecular flexibility index (Phi) is 4.85. The van der Waals surface area contributed by atoms with Crippen LogP contribution < -0.4 is 4.74 Å². The fraction of sp³-hybridized carbons (Fsp3) is 0.417. The first kappa shape index (κ1) is 19.5. The van der Waals surface area contributed by atoms with E-state index in [-0.39, 0.29) is 23.0 Å². The second kappa shape index (κ2) is 7.21. The summed E-state index contributed by atoms with van der Waals surface area (Å²) in [7, 11) is 1.82. The molecule has 2 bridgehead atoms. The van der Waals surface area contributed by atoms with Crippen LogP contribution in [0.3, 0.4) is 0 Å². The summed E-state index contributed by atoms with van der Waals surface area (Å²) in [4.78, 5) is 24.8. The number of phenolic OH excluding ortho intramolecular Hbond substituents is 1. The van der Waals surface area contributed by atoms with Gasteiger partial charge in [-0.15, -0.1) is 0 Å². The summed E-state index contributed by atoms with van der Waals surface area (Å²) in [6.45, 7) is 3.68. The minimum absolute atomic E-state index is 0.0606. The van der Waals surface area contributed by atoms with Gasteiger partial charge >= 0.3 is 5.97 Å². The molecular weight excluding hydrogens is 366 g/mol. The predicted octanol–water partition coefficient (Wildman–Crippen LogP) is 4.10. The summed E-state index contributed by atoms with van der Waals surface area (Å²) in [5, 5.41) is 10.2. The summed E-state index contributed by atoms with van der Waals surface area (Å²) in [6.07, 6.45) is 3.76. The zero-order valence-corrected chi connectivity index (χ0v) is 17.2. The van der Waals surface area contributed by atoms with Gasteiger partial charge in [0, 0.05) is 38.8 Å². The van der Waals surface area contributed by atoms with E-state index in [0.717, 1.165) is 25.7 Å². The molecule has 3 aliphatic rings. The van der Waals surface area contributed by atoms with E-state index in [1.54, 1.807) is 17.9 Å². The van der Waals surface area contributed by atoms with Gasteiger partial charge < -0.3 is 14.7 Å². The minimum Gasteiger partial charge on any atom is -0.508 e. The lowest BCUT2D eigenvalue weighted by molar-refractivity contribution is -0.132. The van der Waals surface area contributed by atoms with Gasteiger partial charge in [-0.25, -0.2) is 0 Å². The molecule has 2 aromatic carbocycles. The molecule has 0 aromatic heterocycles. The van der Waals surface area contributed by atoms with E-state index < -0.39 is 0 Å². The molecule has 152 valence electrons. The van der Waals surface area contributed by atoms with Gasteiger partial charge in [-0.3, -0.25) is 9.59 Å².